The molecule has 0 saturated carbocycles. The lowest BCUT2D eigenvalue weighted by Gasteiger charge is -2.34. The molecule has 2 N–H and O–H groups in total. The summed E-state index contributed by atoms with van der Waals surface area (Å²) in [4.78, 5) is 36.2. The van der Waals surface area contributed by atoms with Crippen LogP contribution in [0.25, 0.3) is 0 Å². The van der Waals surface area contributed by atoms with E-state index in [1.54, 1.807) is 35.5 Å². The number of rotatable bonds is 4. The van der Waals surface area contributed by atoms with E-state index in [9.17, 15) is 9.59 Å². The third-order valence-corrected chi connectivity index (χ3v) is 3.86. The lowest BCUT2D eigenvalue weighted by molar-refractivity contribution is -0.120. The number of pyridine rings is 2. The summed E-state index contributed by atoms with van der Waals surface area (Å²) < 4.78 is 5.36. The standard InChI is InChI=1S/C17H19N5O3/c1-2-25-14-7-12(8-19-10-14)17(24)21-5-6-22(16(23)11-21)13-3-4-15(18)20-9-13/h3-4,7-10H,2,5-6,11H2,1H3,(H2,18,20). The van der Waals surface area contributed by atoms with Gasteiger partial charge in [0, 0.05) is 19.3 Å². The fourth-order valence-corrected chi connectivity index (χ4v) is 2.64. The Morgan fingerprint density at radius 1 is 1.28 bits per heavy atom. The van der Waals surface area contributed by atoms with Gasteiger partial charge in [0.2, 0.25) is 5.91 Å². The molecule has 1 aliphatic rings. The molecule has 0 radical (unpaired) electrons. The second-order valence-corrected chi connectivity index (χ2v) is 5.56. The topological polar surface area (TPSA) is 102 Å². The fourth-order valence-electron chi connectivity index (χ4n) is 2.64. The number of amides is 2. The second kappa shape index (κ2) is 7.16. The van der Waals surface area contributed by atoms with Gasteiger partial charge in [-0.3, -0.25) is 14.6 Å². The highest BCUT2D eigenvalue weighted by atomic mass is 16.5. The van der Waals surface area contributed by atoms with Crippen LogP contribution < -0.4 is 15.4 Å². The van der Waals surface area contributed by atoms with Crippen molar-refractivity contribution in [3.05, 3.63) is 42.4 Å². The van der Waals surface area contributed by atoms with Crippen LogP contribution in [0.15, 0.2) is 36.8 Å². The zero-order valence-corrected chi connectivity index (χ0v) is 13.9. The van der Waals surface area contributed by atoms with Gasteiger partial charge in [0.25, 0.3) is 5.91 Å². The predicted octanol–water partition coefficient (Wildman–Crippen LogP) is 0.946. The van der Waals surface area contributed by atoms with Crippen LogP contribution in [0.5, 0.6) is 5.75 Å². The van der Waals surface area contributed by atoms with Crippen molar-refractivity contribution in [1.82, 2.24) is 14.9 Å². The van der Waals surface area contributed by atoms with E-state index in [0.29, 0.717) is 42.5 Å². The minimum atomic E-state index is -0.238. The highest BCUT2D eigenvalue weighted by molar-refractivity contribution is 6.01. The first-order chi connectivity index (χ1) is 12.1. The Morgan fingerprint density at radius 2 is 2.12 bits per heavy atom. The molecule has 130 valence electrons. The van der Waals surface area contributed by atoms with Crippen LogP contribution in [0.3, 0.4) is 0 Å². The number of nitrogens with two attached hydrogens (primary N) is 1. The van der Waals surface area contributed by atoms with Gasteiger partial charge < -0.3 is 20.3 Å². The van der Waals surface area contributed by atoms with E-state index >= 15 is 0 Å². The molecule has 2 aromatic heterocycles. The summed E-state index contributed by atoms with van der Waals surface area (Å²) in [7, 11) is 0. The molecule has 3 rings (SSSR count). The van der Waals surface area contributed by atoms with Gasteiger partial charge in [0.15, 0.2) is 0 Å². The minimum Gasteiger partial charge on any atom is -0.492 e. The quantitative estimate of drug-likeness (QED) is 0.888. The van der Waals surface area contributed by atoms with Crippen molar-refractivity contribution in [3.8, 4) is 5.75 Å². The number of nitrogen functional groups attached to an aromatic ring is 1. The van der Waals surface area contributed by atoms with Gasteiger partial charge in [0.1, 0.15) is 18.1 Å². The molecule has 0 aromatic carbocycles. The Kier molecular flexibility index (Phi) is 4.78. The van der Waals surface area contributed by atoms with E-state index in [1.165, 1.54) is 11.1 Å². The molecule has 1 aliphatic heterocycles. The lowest BCUT2D eigenvalue weighted by Crippen LogP contribution is -2.52. The van der Waals surface area contributed by atoms with Gasteiger partial charge in [-0.05, 0) is 25.1 Å². The molecule has 0 spiro atoms. The van der Waals surface area contributed by atoms with E-state index in [0.717, 1.165) is 0 Å². The molecule has 0 bridgehead atoms. The number of carbonyl (C=O) groups excluding carboxylic acids is 2. The third kappa shape index (κ3) is 3.68. The highest BCUT2D eigenvalue weighted by Crippen LogP contribution is 2.19. The number of nitrogens with zero attached hydrogens (tertiary/aromatic N) is 4. The molecular weight excluding hydrogens is 322 g/mol. The van der Waals surface area contributed by atoms with Crippen LogP contribution in [0.2, 0.25) is 0 Å². The SMILES string of the molecule is CCOc1cncc(C(=O)N2CCN(c3ccc(N)nc3)C(=O)C2)c1. The molecule has 25 heavy (non-hydrogen) atoms. The van der Waals surface area contributed by atoms with Gasteiger partial charge in [-0.1, -0.05) is 0 Å². The Labute approximate surface area is 145 Å². The van der Waals surface area contributed by atoms with Crippen molar-refractivity contribution in [2.45, 2.75) is 6.92 Å². The second-order valence-electron chi connectivity index (χ2n) is 5.56. The Bertz CT molecular complexity index is 778. The van der Waals surface area contributed by atoms with Crippen molar-refractivity contribution in [3.63, 3.8) is 0 Å². The maximum Gasteiger partial charge on any atom is 0.256 e. The first-order valence-corrected chi connectivity index (χ1v) is 7.97. The van der Waals surface area contributed by atoms with Gasteiger partial charge in [-0.15, -0.1) is 0 Å². The Hall–Kier alpha value is -3.16. The van der Waals surface area contributed by atoms with Crippen molar-refractivity contribution in [2.24, 2.45) is 0 Å². The molecule has 2 amide bonds. The van der Waals surface area contributed by atoms with Gasteiger partial charge >= 0.3 is 0 Å². The Morgan fingerprint density at radius 3 is 2.80 bits per heavy atom. The average molecular weight is 341 g/mol. The molecule has 8 heteroatoms. The summed E-state index contributed by atoms with van der Waals surface area (Å²) in [5.41, 5.74) is 6.64. The predicted molar refractivity (Wildman–Crippen MR) is 92.3 cm³/mol. The molecule has 3 heterocycles. The normalized spacial score (nSPS) is 14.5. The smallest absolute Gasteiger partial charge is 0.256 e. The maximum atomic E-state index is 12.6. The van der Waals surface area contributed by atoms with E-state index in [2.05, 4.69) is 9.97 Å². The van der Waals surface area contributed by atoms with Gasteiger partial charge in [-0.25, -0.2) is 4.98 Å². The number of hydrogen-bond donors (Lipinski definition) is 1. The van der Waals surface area contributed by atoms with Gasteiger partial charge in [0.05, 0.1) is 30.3 Å². The van der Waals surface area contributed by atoms with E-state index < -0.39 is 0 Å². The fraction of sp³-hybridized carbons (Fsp3) is 0.294. The number of piperazine rings is 1. The zero-order valence-electron chi connectivity index (χ0n) is 13.9. The van der Waals surface area contributed by atoms with Crippen LogP contribution >= 0.6 is 0 Å². The van der Waals surface area contributed by atoms with Crippen LogP contribution in [0, 0.1) is 0 Å². The number of hydrogen-bond acceptors (Lipinski definition) is 6. The molecule has 8 nitrogen and oxygen atoms in total. The van der Waals surface area contributed by atoms with Crippen LogP contribution in [-0.4, -0.2) is 52.9 Å². The molecule has 1 fully saturated rings. The molecule has 0 atom stereocenters. The third-order valence-electron chi connectivity index (χ3n) is 3.86. The van der Waals surface area contributed by atoms with E-state index in [-0.39, 0.29) is 18.4 Å². The summed E-state index contributed by atoms with van der Waals surface area (Å²) >= 11 is 0. The van der Waals surface area contributed by atoms with Crippen LogP contribution in [0.1, 0.15) is 17.3 Å². The number of ether oxygens (including phenoxy) is 1. The largest absolute Gasteiger partial charge is 0.492 e. The summed E-state index contributed by atoms with van der Waals surface area (Å²) in [5, 5.41) is 0. The monoisotopic (exact) mass is 341 g/mol. The highest BCUT2D eigenvalue weighted by Gasteiger charge is 2.29. The van der Waals surface area contributed by atoms with Crippen LogP contribution in [-0.2, 0) is 4.79 Å². The van der Waals surface area contributed by atoms with E-state index in [1.807, 2.05) is 6.92 Å². The molecule has 1 saturated heterocycles. The van der Waals surface area contributed by atoms with E-state index in [4.69, 9.17) is 10.5 Å². The molecule has 0 unspecified atom stereocenters. The zero-order chi connectivity index (χ0) is 17.8. The van der Waals surface area contributed by atoms with Crippen LogP contribution in [0.4, 0.5) is 11.5 Å². The summed E-state index contributed by atoms with van der Waals surface area (Å²) in [6.45, 7) is 3.18. The van der Waals surface area contributed by atoms with Gasteiger partial charge in [-0.2, -0.15) is 0 Å². The molecule has 2 aromatic rings. The number of carbonyl (C=O) groups is 2. The number of aromatic nitrogens is 2. The molecule has 0 aliphatic carbocycles. The van der Waals surface area contributed by atoms with Crippen molar-refractivity contribution in [1.29, 1.82) is 0 Å². The summed E-state index contributed by atoms with van der Waals surface area (Å²) in [6.07, 6.45) is 4.59. The minimum absolute atomic E-state index is 0.00206. The van der Waals surface area contributed by atoms with Crippen molar-refractivity contribution < 1.29 is 14.3 Å². The summed E-state index contributed by atoms with van der Waals surface area (Å²) in [5.74, 6) is 0.524. The lowest BCUT2D eigenvalue weighted by atomic mass is 10.2. The van der Waals surface area contributed by atoms with Crippen molar-refractivity contribution in [2.75, 3.05) is 36.9 Å². The maximum absolute atomic E-state index is 12.6. The first kappa shape index (κ1) is 16.7. The Balaban J connectivity index is 1.70. The average Bonchev–Trinajstić information content (AvgIpc) is 2.62. The summed E-state index contributed by atoms with van der Waals surface area (Å²) in [6, 6.07) is 5.03. The van der Waals surface area contributed by atoms with Crippen molar-refractivity contribution >= 4 is 23.3 Å². The first-order valence-electron chi connectivity index (χ1n) is 7.97. The number of anilines is 2. The molecular formula is C17H19N5O3.